The van der Waals surface area contributed by atoms with Crippen molar-refractivity contribution in [3.63, 3.8) is 0 Å². The number of carbonyl (C=O) groups is 2. The average molecular weight is 462 g/mol. The van der Waals surface area contributed by atoms with Crippen LogP contribution in [-0.4, -0.2) is 54.2 Å². The molecule has 1 aromatic rings. The highest BCUT2D eigenvalue weighted by atomic mass is 35.5. The lowest BCUT2D eigenvalue weighted by atomic mass is 9.72. The third kappa shape index (κ3) is 6.75. The van der Waals surface area contributed by atoms with Crippen molar-refractivity contribution in [1.29, 1.82) is 0 Å². The molecule has 11 heteroatoms. The zero-order valence-corrected chi connectivity index (χ0v) is 18.3. The fraction of sp³-hybridized carbons (Fsp3) is 0.579. The molecule has 1 atom stereocenters. The number of nitrogens with one attached hydrogen (secondary N) is 2. The molecular formula is C19H30BCl2N3O5. The van der Waals surface area contributed by atoms with Gasteiger partial charge in [0.05, 0.1) is 11.5 Å². The number of aromatic carboxylic acids is 1. The molecule has 0 saturated heterocycles. The molecule has 1 aliphatic carbocycles. The molecule has 1 aromatic carbocycles. The van der Waals surface area contributed by atoms with Crippen LogP contribution < -0.4 is 21.0 Å². The van der Waals surface area contributed by atoms with Crippen LogP contribution in [0.15, 0.2) is 18.2 Å². The summed E-state index contributed by atoms with van der Waals surface area (Å²) < 4.78 is 5.42. The van der Waals surface area contributed by atoms with E-state index in [1.165, 1.54) is 6.07 Å². The van der Waals surface area contributed by atoms with E-state index in [9.17, 15) is 19.7 Å². The molecule has 1 amide bonds. The summed E-state index contributed by atoms with van der Waals surface area (Å²) in [4.78, 5) is 23.8. The van der Waals surface area contributed by atoms with E-state index in [0.29, 0.717) is 36.9 Å². The zero-order valence-electron chi connectivity index (χ0n) is 16.7. The number of nitrogens with two attached hydrogens (primary N) is 1. The SMILES string of the molecule is Cl.Cl.NCCN[C@H]1CC[C@H](CC(=O)N[C@H]2Cc3cccc(C(=O)O)c3OB2O)CC1. The highest BCUT2D eigenvalue weighted by molar-refractivity contribution is 6.47. The van der Waals surface area contributed by atoms with Crippen LogP contribution in [0.3, 0.4) is 0 Å². The highest BCUT2D eigenvalue weighted by Crippen LogP contribution is 2.31. The first-order valence-corrected chi connectivity index (χ1v) is 9.90. The molecule has 0 aromatic heterocycles. The Morgan fingerprint density at radius 3 is 2.53 bits per heavy atom. The van der Waals surface area contributed by atoms with E-state index < -0.39 is 19.0 Å². The number of hydrogen-bond acceptors (Lipinski definition) is 6. The standard InChI is InChI=1S/C19H28BN3O5.2ClH/c21-8-9-22-14-6-4-12(5-7-14)10-17(24)23-16-11-13-2-1-3-15(19(25)26)18(13)28-20(16)27;;/h1-3,12,14,16,22,27H,4-11,21H2,(H,23,24)(H,25,26);2*1H/t12-,14-,16-;;/m0../s1. The first-order valence-electron chi connectivity index (χ1n) is 9.90. The van der Waals surface area contributed by atoms with Crippen molar-refractivity contribution in [3.8, 4) is 5.75 Å². The number of rotatable bonds is 7. The maximum absolute atomic E-state index is 12.5. The summed E-state index contributed by atoms with van der Waals surface area (Å²) >= 11 is 0. The topological polar surface area (TPSA) is 134 Å². The van der Waals surface area contributed by atoms with Crippen LogP contribution in [0, 0.1) is 5.92 Å². The van der Waals surface area contributed by atoms with E-state index in [1.807, 2.05) is 0 Å². The lowest BCUT2D eigenvalue weighted by molar-refractivity contribution is -0.122. The van der Waals surface area contributed by atoms with Gasteiger partial charge in [0, 0.05) is 25.6 Å². The van der Waals surface area contributed by atoms with Gasteiger partial charge in [-0.1, -0.05) is 12.1 Å². The van der Waals surface area contributed by atoms with Crippen LogP contribution in [0.1, 0.15) is 48.0 Å². The van der Waals surface area contributed by atoms with E-state index >= 15 is 0 Å². The van der Waals surface area contributed by atoms with E-state index in [4.69, 9.17) is 10.4 Å². The Labute approximate surface area is 189 Å². The molecule has 3 rings (SSSR count). The second-order valence-corrected chi connectivity index (χ2v) is 7.65. The minimum atomic E-state index is -1.27. The molecule has 30 heavy (non-hydrogen) atoms. The minimum absolute atomic E-state index is 0. The van der Waals surface area contributed by atoms with Crippen molar-refractivity contribution < 1.29 is 24.4 Å². The van der Waals surface area contributed by atoms with Crippen molar-refractivity contribution in [2.24, 2.45) is 11.7 Å². The Hall–Kier alpha value is -1.52. The van der Waals surface area contributed by atoms with Gasteiger partial charge in [-0.15, -0.1) is 24.8 Å². The molecule has 0 bridgehead atoms. The predicted molar refractivity (Wildman–Crippen MR) is 120 cm³/mol. The van der Waals surface area contributed by atoms with E-state index in [1.54, 1.807) is 12.1 Å². The van der Waals surface area contributed by atoms with Crippen molar-refractivity contribution in [1.82, 2.24) is 10.6 Å². The zero-order chi connectivity index (χ0) is 20.1. The molecule has 168 valence electrons. The number of halogens is 2. The summed E-state index contributed by atoms with van der Waals surface area (Å²) in [6.07, 6.45) is 4.82. The Bertz CT molecular complexity index is 719. The molecule has 1 aliphatic heterocycles. The summed E-state index contributed by atoms with van der Waals surface area (Å²) in [6, 6.07) is 5.31. The maximum Gasteiger partial charge on any atom is 0.547 e. The largest absolute Gasteiger partial charge is 0.547 e. The van der Waals surface area contributed by atoms with Crippen molar-refractivity contribution in [2.75, 3.05) is 13.1 Å². The molecule has 1 fully saturated rings. The van der Waals surface area contributed by atoms with Gasteiger partial charge in [0.2, 0.25) is 5.91 Å². The summed E-state index contributed by atoms with van der Waals surface area (Å²) in [5.41, 5.74) is 6.20. The van der Waals surface area contributed by atoms with Crippen molar-refractivity contribution >= 4 is 43.8 Å². The second-order valence-electron chi connectivity index (χ2n) is 7.65. The molecule has 0 unspecified atom stereocenters. The minimum Gasteiger partial charge on any atom is -0.534 e. The number of carboxylic acids is 1. The maximum atomic E-state index is 12.5. The number of para-hydroxylation sites is 1. The quantitative estimate of drug-likeness (QED) is 0.384. The number of fused-ring (bicyclic) bond motifs is 1. The molecule has 2 aliphatic rings. The molecular weight excluding hydrogens is 432 g/mol. The summed E-state index contributed by atoms with van der Waals surface area (Å²) in [6.45, 7) is 1.45. The molecule has 6 N–H and O–H groups in total. The first-order chi connectivity index (χ1) is 13.5. The summed E-state index contributed by atoms with van der Waals surface area (Å²) in [5, 5.41) is 25.8. The number of carboxylic acid groups (broad SMARTS) is 1. The van der Waals surface area contributed by atoms with Gasteiger partial charge in [-0.2, -0.15) is 0 Å². The molecule has 0 radical (unpaired) electrons. The second kappa shape index (κ2) is 12.4. The van der Waals surface area contributed by atoms with Crippen LogP contribution in [0.2, 0.25) is 0 Å². The van der Waals surface area contributed by atoms with Gasteiger partial charge in [-0.25, -0.2) is 4.79 Å². The van der Waals surface area contributed by atoms with Crippen LogP contribution in [-0.2, 0) is 11.2 Å². The average Bonchev–Trinajstić information content (AvgIpc) is 2.67. The van der Waals surface area contributed by atoms with Gasteiger partial charge in [0.1, 0.15) is 5.75 Å². The fourth-order valence-electron chi connectivity index (χ4n) is 4.10. The van der Waals surface area contributed by atoms with Gasteiger partial charge in [0.15, 0.2) is 0 Å². The van der Waals surface area contributed by atoms with E-state index in [0.717, 1.165) is 32.2 Å². The van der Waals surface area contributed by atoms with Gasteiger partial charge < -0.3 is 31.2 Å². The number of hydrogen-bond donors (Lipinski definition) is 5. The first kappa shape index (κ1) is 26.5. The molecule has 0 spiro atoms. The van der Waals surface area contributed by atoms with Crippen molar-refractivity contribution in [3.05, 3.63) is 29.3 Å². The van der Waals surface area contributed by atoms with Gasteiger partial charge >= 0.3 is 13.1 Å². The van der Waals surface area contributed by atoms with Crippen LogP contribution in [0.25, 0.3) is 0 Å². The lowest BCUT2D eigenvalue weighted by Crippen LogP contribution is -2.53. The van der Waals surface area contributed by atoms with Crippen molar-refractivity contribution in [2.45, 2.75) is 50.5 Å². The van der Waals surface area contributed by atoms with Gasteiger partial charge in [-0.3, -0.25) is 4.79 Å². The summed E-state index contributed by atoms with van der Waals surface area (Å²) in [7, 11) is -1.27. The third-order valence-electron chi connectivity index (χ3n) is 5.59. The lowest BCUT2D eigenvalue weighted by Gasteiger charge is -2.31. The van der Waals surface area contributed by atoms with Gasteiger partial charge in [-0.05, 0) is 49.7 Å². The van der Waals surface area contributed by atoms with Gasteiger partial charge in [0.25, 0.3) is 0 Å². The Morgan fingerprint density at radius 2 is 1.90 bits per heavy atom. The van der Waals surface area contributed by atoms with Crippen LogP contribution in [0.5, 0.6) is 5.75 Å². The monoisotopic (exact) mass is 461 g/mol. The smallest absolute Gasteiger partial charge is 0.534 e. The third-order valence-corrected chi connectivity index (χ3v) is 5.59. The highest BCUT2D eigenvalue weighted by Gasteiger charge is 2.38. The molecule has 1 heterocycles. The van der Waals surface area contributed by atoms with Crippen LogP contribution in [0.4, 0.5) is 0 Å². The Morgan fingerprint density at radius 1 is 1.20 bits per heavy atom. The van der Waals surface area contributed by atoms with Crippen LogP contribution >= 0.6 is 24.8 Å². The Balaban J connectivity index is 0.00000225. The normalized spacial score (nSPS) is 22.6. The molecule has 1 saturated carbocycles. The van der Waals surface area contributed by atoms with E-state index in [2.05, 4.69) is 10.6 Å². The summed E-state index contributed by atoms with van der Waals surface area (Å²) in [5.74, 6) is -1.29. The fourth-order valence-corrected chi connectivity index (χ4v) is 4.10. The number of amides is 1. The predicted octanol–water partition coefficient (Wildman–Crippen LogP) is 1.16. The number of carbonyl (C=O) groups excluding carboxylic acids is 1. The molecule has 8 nitrogen and oxygen atoms in total. The van der Waals surface area contributed by atoms with E-state index in [-0.39, 0.29) is 42.0 Å². The Kier molecular flexibility index (Phi) is 10.9. The number of benzene rings is 1.